The second kappa shape index (κ2) is 12.1. The molecule has 206 valence electrons. The van der Waals surface area contributed by atoms with Crippen molar-refractivity contribution < 1.29 is 13.2 Å². The number of rotatable bonds is 8. The molecule has 1 amide bonds. The monoisotopic (exact) mass is 553 g/mol. The molecule has 1 aliphatic heterocycles. The minimum absolute atomic E-state index is 0.0883. The lowest BCUT2D eigenvalue weighted by Gasteiger charge is -2.40. The molecule has 0 aliphatic carbocycles. The van der Waals surface area contributed by atoms with Crippen LogP contribution in [0.1, 0.15) is 28.3 Å². The minimum Gasteiger partial charge on any atom is -0.339 e. The molecule has 40 heavy (non-hydrogen) atoms. The molecule has 0 bridgehead atoms. The van der Waals surface area contributed by atoms with E-state index >= 15 is 0 Å². The van der Waals surface area contributed by atoms with Crippen molar-refractivity contribution in [2.75, 3.05) is 37.0 Å². The molecule has 5 rings (SSSR count). The molecule has 0 atom stereocenters. The Kier molecular flexibility index (Phi) is 8.33. The van der Waals surface area contributed by atoms with Gasteiger partial charge in [-0.1, -0.05) is 90.5 Å². The first kappa shape index (κ1) is 27.6. The predicted octanol–water partition coefficient (Wildman–Crippen LogP) is 5.43. The average molecular weight is 554 g/mol. The molecule has 0 aromatic heterocycles. The third kappa shape index (κ3) is 6.11. The molecular formula is C33H35N3O3S. The van der Waals surface area contributed by atoms with Gasteiger partial charge in [0, 0.05) is 26.2 Å². The highest BCUT2D eigenvalue weighted by Gasteiger charge is 2.32. The summed E-state index contributed by atoms with van der Waals surface area (Å²) in [5, 5.41) is 0. The van der Waals surface area contributed by atoms with Crippen LogP contribution >= 0.6 is 0 Å². The Morgan fingerprint density at radius 1 is 0.725 bits per heavy atom. The molecule has 4 aromatic rings. The van der Waals surface area contributed by atoms with Crippen molar-refractivity contribution in [2.45, 2.75) is 24.8 Å². The maximum Gasteiger partial charge on any atom is 0.264 e. The Balaban J connectivity index is 1.35. The van der Waals surface area contributed by atoms with E-state index in [2.05, 4.69) is 53.4 Å². The molecule has 1 aliphatic rings. The topological polar surface area (TPSA) is 60.9 Å². The van der Waals surface area contributed by atoms with Gasteiger partial charge >= 0.3 is 0 Å². The Labute approximate surface area is 237 Å². The van der Waals surface area contributed by atoms with Gasteiger partial charge in [0.15, 0.2) is 0 Å². The summed E-state index contributed by atoms with van der Waals surface area (Å²) in [6, 6.07) is 35.0. The third-order valence-corrected chi connectivity index (χ3v) is 9.23. The van der Waals surface area contributed by atoms with Crippen LogP contribution in [0, 0.1) is 13.8 Å². The normalized spacial score (nSPS) is 14.3. The van der Waals surface area contributed by atoms with E-state index in [1.54, 1.807) is 41.3 Å². The fraction of sp³-hybridized carbons (Fsp3) is 0.242. The van der Waals surface area contributed by atoms with E-state index in [-0.39, 0.29) is 23.4 Å². The summed E-state index contributed by atoms with van der Waals surface area (Å²) in [4.78, 5) is 18.0. The molecule has 7 heteroatoms. The lowest BCUT2D eigenvalue weighted by atomic mass is 9.96. The smallest absolute Gasteiger partial charge is 0.264 e. The highest BCUT2D eigenvalue weighted by Crippen LogP contribution is 2.30. The van der Waals surface area contributed by atoms with Crippen LogP contribution in [0.5, 0.6) is 0 Å². The first-order valence-corrected chi connectivity index (χ1v) is 15.0. The molecule has 1 saturated heterocycles. The summed E-state index contributed by atoms with van der Waals surface area (Å²) in [5.74, 6) is -0.201. The summed E-state index contributed by atoms with van der Waals surface area (Å²) in [6.07, 6.45) is 0. The number of piperazine rings is 1. The van der Waals surface area contributed by atoms with Gasteiger partial charge in [-0.05, 0) is 54.8 Å². The van der Waals surface area contributed by atoms with E-state index in [0.717, 1.165) is 11.1 Å². The zero-order valence-electron chi connectivity index (χ0n) is 23.0. The summed E-state index contributed by atoms with van der Waals surface area (Å²) < 4.78 is 28.8. The predicted molar refractivity (Wildman–Crippen MR) is 160 cm³/mol. The lowest BCUT2D eigenvalue weighted by molar-refractivity contribution is -0.131. The molecular weight excluding hydrogens is 518 g/mol. The van der Waals surface area contributed by atoms with E-state index in [4.69, 9.17) is 0 Å². The zero-order chi connectivity index (χ0) is 28.1. The molecule has 1 fully saturated rings. The molecule has 0 radical (unpaired) electrons. The number of carbonyl (C=O) groups excluding carboxylic acids is 1. The van der Waals surface area contributed by atoms with Gasteiger partial charge in [0.1, 0.15) is 6.54 Å². The summed E-state index contributed by atoms with van der Waals surface area (Å²) in [7, 11) is -3.94. The number of benzene rings is 4. The molecule has 6 nitrogen and oxygen atoms in total. The van der Waals surface area contributed by atoms with Crippen LogP contribution in [0.4, 0.5) is 5.69 Å². The van der Waals surface area contributed by atoms with Crippen molar-refractivity contribution in [3.05, 3.63) is 131 Å². The van der Waals surface area contributed by atoms with Crippen LogP contribution in [0.3, 0.4) is 0 Å². The molecule has 0 N–H and O–H groups in total. The third-order valence-electron chi connectivity index (χ3n) is 7.44. The largest absolute Gasteiger partial charge is 0.339 e. The van der Waals surface area contributed by atoms with Crippen LogP contribution in [0.2, 0.25) is 0 Å². The Bertz CT molecular complexity index is 1490. The number of amides is 1. The van der Waals surface area contributed by atoms with Crippen molar-refractivity contribution in [3.8, 4) is 0 Å². The van der Waals surface area contributed by atoms with Gasteiger partial charge in [0.2, 0.25) is 5.91 Å². The maximum absolute atomic E-state index is 13.8. The molecule has 0 spiro atoms. The highest BCUT2D eigenvalue weighted by atomic mass is 32.2. The average Bonchev–Trinajstić information content (AvgIpc) is 2.97. The number of aryl methyl sites for hydroxylation is 2. The Hall–Kier alpha value is -3.94. The van der Waals surface area contributed by atoms with Gasteiger partial charge < -0.3 is 4.90 Å². The highest BCUT2D eigenvalue weighted by molar-refractivity contribution is 7.92. The standard InChI is InChI=1S/C33H35N3O3S/c1-26-16-18-31(19-17-26)40(38,39)36(30-15-9-10-27(2)24-30)25-32(37)34-20-22-35(23-21-34)33(28-11-5-3-6-12-28)29-13-7-4-8-14-29/h3-19,24,33H,20-23,25H2,1-2H3. The van der Waals surface area contributed by atoms with E-state index in [1.807, 2.05) is 38.1 Å². The second-order valence-electron chi connectivity index (χ2n) is 10.3. The van der Waals surface area contributed by atoms with E-state index in [9.17, 15) is 13.2 Å². The first-order valence-electron chi connectivity index (χ1n) is 13.6. The van der Waals surface area contributed by atoms with Gasteiger partial charge in [-0.3, -0.25) is 14.0 Å². The number of hydrogen-bond donors (Lipinski definition) is 0. The summed E-state index contributed by atoms with van der Waals surface area (Å²) in [5.41, 5.74) is 4.81. The van der Waals surface area contributed by atoms with Crippen LogP contribution < -0.4 is 4.31 Å². The maximum atomic E-state index is 13.8. The fourth-order valence-corrected chi connectivity index (χ4v) is 6.68. The van der Waals surface area contributed by atoms with Gasteiger partial charge in [-0.25, -0.2) is 8.42 Å². The van der Waals surface area contributed by atoms with Crippen molar-refractivity contribution in [3.63, 3.8) is 0 Å². The molecule has 0 unspecified atom stereocenters. The molecule has 4 aromatic carbocycles. The van der Waals surface area contributed by atoms with E-state index < -0.39 is 10.0 Å². The van der Waals surface area contributed by atoms with Gasteiger partial charge in [0.05, 0.1) is 16.6 Å². The van der Waals surface area contributed by atoms with Crippen molar-refractivity contribution in [1.29, 1.82) is 0 Å². The van der Waals surface area contributed by atoms with Gasteiger partial charge in [0.25, 0.3) is 10.0 Å². The summed E-state index contributed by atoms with van der Waals surface area (Å²) in [6.45, 7) is 6.02. The summed E-state index contributed by atoms with van der Waals surface area (Å²) >= 11 is 0. The second-order valence-corrected chi connectivity index (χ2v) is 12.2. The quantitative estimate of drug-likeness (QED) is 0.292. The van der Waals surface area contributed by atoms with E-state index in [0.29, 0.717) is 31.9 Å². The Morgan fingerprint density at radius 3 is 1.85 bits per heavy atom. The molecule has 1 heterocycles. The van der Waals surface area contributed by atoms with Crippen LogP contribution in [0.25, 0.3) is 0 Å². The fourth-order valence-electron chi connectivity index (χ4n) is 5.27. The van der Waals surface area contributed by atoms with Crippen molar-refractivity contribution in [2.24, 2.45) is 0 Å². The Morgan fingerprint density at radius 2 is 1.30 bits per heavy atom. The number of hydrogen-bond acceptors (Lipinski definition) is 4. The first-order chi connectivity index (χ1) is 19.3. The number of carbonyl (C=O) groups is 1. The van der Waals surface area contributed by atoms with Crippen LogP contribution in [-0.4, -0.2) is 56.8 Å². The van der Waals surface area contributed by atoms with Gasteiger partial charge in [-0.15, -0.1) is 0 Å². The number of anilines is 1. The van der Waals surface area contributed by atoms with Crippen LogP contribution in [-0.2, 0) is 14.8 Å². The van der Waals surface area contributed by atoms with Gasteiger partial charge in [-0.2, -0.15) is 0 Å². The zero-order valence-corrected chi connectivity index (χ0v) is 23.8. The minimum atomic E-state index is -3.94. The molecule has 0 saturated carbocycles. The van der Waals surface area contributed by atoms with Crippen molar-refractivity contribution >= 4 is 21.6 Å². The lowest BCUT2D eigenvalue weighted by Crippen LogP contribution is -2.52. The van der Waals surface area contributed by atoms with Crippen LogP contribution in [0.15, 0.2) is 114 Å². The SMILES string of the molecule is Cc1ccc(S(=O)(=O)N(CC(=O)N2CCN(C(c3ccccc3)c3ccccc3)CC2)c2cccc(C)c2)cc1. The van der Waals surface area contributed by atoms with E-state index in [1.165, 1.54) is 15.4 Å². The van der Waals surface area contributed by atoms with Crippen molar-refractivity contribution in [1.82, 2.24) is 9.80 Å². The number of sulfonamides is 1. The number of nitrogens with zero attached hydrogens (tertiary/aromatic N) is 3.